The molecule has 7 heteroatoms. The molecular formula is C11H12BrN3O2S. The zero-order valence-electron chi connectivity index (χ0n) is 9.92. The lowest BCUT2D eigenvalue weighted by atomic mass is 10.1. The first-order valence-corrected chi connectivity index (χ1v) is 7.06. The number of carbonyl (C=O) groups is 1. The molecule has 0 saturated heterocycles. The minimum absolute atomic E-state index is 0.0410. The number of aromatic nitrogens is 3. The molecule has 0 aliphatic heterocycles. The molecule has 0 aromatic carbocycles. The summed E-state index contributed by atoms with van der Waals surface area (Å²) in [6, 6.07) is 2.00. The van der Waals surface area contributed by atoms with Crippen LogP contribution in [0.2, 0.25) is 0 Å². The van der Waals surface area contributed by atoms with Crippen LogP contribution in [0.5, 0.6) is 0 Å². The molecule has 1 N–H and O–H groups in total. The van der Waals surface area contributed by atoms with Gasteiger partial charge in [-0.15, -0.1) is 16.4 Å². The number of nitrogens with zero attached hydrogens (tertiary/aromatic N) is 3. The van der Waals surface area contributed by atoms with E-state index >= 15 is 0 Å². The van der Waals surface area contributed by atoms with Crippen LogP contribution in [0.15, 0.2) is 15.2 Å². The Morgan fingerprint density at radius 3 is 2.83 bits per heavy atom. The summed E-state index contributed by atoms with van der Waals surface area (Å²) in [4.78, 5) is 11.1. The molecule has 2 aromatic rings. The minimum atomic E-state index is -1.03. The molecule has 0 aliphatic carbocycles. The maximum Gasteiger partial charge on any atom is 0.358 e. The minimum Gasteiger partial charge on any atom is -0.476 e. The number of hydrogen-bond acceptors (Lipinski definition) is 4. The average molecular weight is 330 g/mol. The van der Waals surface area contributed by atoms with Gasteiger partial charge in [-0.1, -0.05) is 19.1 Å². The summed E-state index contributed by atoms with van der Waals surface area (Å²) in [6.45, 7) is 4.41. The molecular weight excluding hydrogens is 318 g/mol. The van der Waals surface area contributed by atoms with Gasteiger partial charge in [0.1, 0.15) is 0 Å². The normalized spacial score (nSPS) is 11.1. The SMILES string of the molecule is CC(C)c1c(C(=O)O)nnn1Cc1csc(Br)c1. The maximum atomic E-state index is 11.1. The van der Waals surface area contributed by atoms with Crippen molar-refractivity contribution in [3.8, 4) is 0 Å². The zero-order valence-corrected chi connectivity index (χ0v) is 12.3. The number of rotatable bonds is 4. The molecule has 2 heterocycles. The third-order valence-electron chi connectivity index (χ3n) is 2.48. The fraction of sp³-hybridized carbons (Fsp3) is 0.364. The number of thiophene rings is 1. The highest BCUT2D eigenvalue weighted by Crippen LogP contribution is 2.23. The van der Waals surface area contributed by atoms with Crippen molar-refractivity contribution in [2.75, 3.05) is 0 Å². The third kappa shape index (κ3) is 2.62. The van der Waals surface area contributed by atoms with E-state index in [1.165, 1.54) is 0 Å². The molecule has 0 aliphatic rings. The van der Waals surface area contributed by atoms with Crippen LogP contribution in [0.3, 0.4) is 0 Å². The van der Waals surface area contributed by atoms with Crippen molar-refractivity contribution >= 4 is 33.2 Å². The largest absolute Gasteiger partial charge is 0.476 e. The lowest BCUT2D eigenvalue weighted by Gasteiger charge is -2.08. The Bertz CT molecular complexity index is 577. The van der Waals surface area contributed by atoms with Gasteiger partial charge >= 0.3 is 5.97 Å². The first-order valence-electron chi connectivity index (χ1n) is 5.38. The second kappa shape index (κ2) is 5.19. The fourth-order valence-corrected chi connectivity index (χ4v) is 2.96. The molecule has 0 bridgehead atoms. The van der Waals surface area contributed by atoms with E-state index in [-0.39, 0.29) is 11.6 Å². The molecule has 0 amide bonds. The summed E-state index contributed by atoms with van der Waals surface area (Å²) in [5.74, 6) is -0.968. The molecule has 0 fully saturated rings. The molecule has 0 radical (unpaired) electrons. The van der Waals surface area contributed by atoms with E-state index < -0.39 is 5.97 Å². The van der Waals surface area contributed by atoms with Gasteiger partial charge in [-0.2, -0.15) is 0 Å². The van der Waals surface area contributed by atoms with Gasteiger partial charge in [-0.3, -0.25) is 0 Å². The van der Waals surface area contributed by atoms with Crippen molar-refractivity contribution in [1.82, 2.24) is 15.0 Å². The van der Waals surface area contributed by atoms with Crippen molar-refractivity contribution in [3.63, 3.8) is 0 Å². The van der Waals surface area contributed by atoms with Crippen LogP contribution in [-0.2, 0) is 6.54 Å². The van der Waals surface area contributed by atoms with Gasteiger partial charge in [0, 0.05) is 0 Å². The highest BCUT2D eigenvalue weighted by atomic mass is 79.9. The molecule has 0 saturated carbocycles. The summed E-state index contributed by atoms with van der Waals surface area (Å²) in [5.41, 5.74) is 1.78. The van der Waals surface area contributed by atoms with Crippen LogP contribution in [0.4, 0.5) is 0 Å². The predicted molar refractivity (Wildman–Crippen MR) is 72.2 cm³/mol. The quantitative estimate of drug-likeness (QED) is 0.936. The molecule has 0 spiro atoms. The van der Waals surface area contributed by atoms with Crippen molar-refractivity contribution in [3.05, 3.63) is 32.2 Å². The van der Waals surface area contributed by atoms with Crippen molar-refractivity contribution in [2.45, 2.75) is 26.3 Å². The Morgan fingerprint density at radius 1 is 1.61 bits per heavy atom. The van der Waals surface area contributed by atoms with Gasteiger partial charge in [0.05, 0.1) is 16.0 Å². The summed E-state index contributed by atoms with van der Waals surface area (Å²) >= 11 is 4.99. The topological polar surface area (TPSA) is 68.0 Å². The summed E-state index contributed by atoms with van der Waals surface area (Å²) in [7, 11) is 0. The Balaban J connectivity index is 2.36. The highest BCUT2D eigenvalue weighted by molar-refractivity contribution is 9.11. The van der Waals surface area contributed by atoms with Crippen molar-refractivity contribution < 1.29 is 9.90 Å². The highest BCUT2D eigenvalue weighted by Gasteiger charge is 2.21. The number of carboxylic acid groups (broad SMARTS) is 1. The molecule has 5 nitrogen and oxygen atoms in total. The van der Waals surface area contributed by atoms with E-state index in [1.807, 2.05) is 25.3 Å². The Hall–Kier alpha value is -1.21. The van der Waals surface area contributed by atoms with E-state index in [2.05, 4.69) is 26.2 Å². The Morgan fingerprint density at radius 2 is 2.33 bits per heavy atom. The lowest BCUT2D eigenvalue weighted by molar-refractivity contribution is 0.0688. The van der Waals surface area contributed by atoms with Crippen molar-refractivity contribution in [2.24, 2.45) is 0 Å². The van der Waals surface area contributed by atoms with Crippen LogP contribution < -0.4 is 0 Å². The molecule has 96 valence electrons. The molecule has 0 unspecified atom stereocenters. The summed E-state index contributed by atoms with van der Waals surface area (Å²) < 4.78 is 2.70. The standard InChI is InChI=1S/C11H12BrN3O2S/c1-6(2)10-9(11(16)17)13-14-15(10)4-7-3-8(12)18-5-7/h3,5-6H,4H2,1-2H3,(H,16,17). The fourth-order valence-electron chi connectivity index (χ4n) is 1.76. The van der Waals surface area contributed by atoms with Gasteiger partial charge in [0.25, 0.3) is 0 Å². The van der Waals surface area contributed by atoms with E-state index in [1.54, 1.807) is 16.0 Å². The van der Waals surface area contributed by atoms with E-state index in [0.29, 0.717) is 12.2 Å². The zero-order chi connectivity index (χ0) is 13.3. The van der Waals surface area contributed by atoms with Gasteiger partial charge in [0.15, 0.2) is 5.69 Å². The van der Waals surface area contributed by atoms with E-state index in [4.69, 9.17) is 5.11 Å². The number of hydrogen-bond donors (Lipinski definition) is 1. The van der Waals surface area contributed by atoms with Gasteiger partial charge in [-0.25, -0.2) is 9.48 Å². The van der Waals surface area contributed by atoms with Crippen LogP contribution in [0.25, 0.3) is 0 Å². The van der Waals surface area contributed by atoms with E-state index in [9.17, 15) is 4.79 Å². The molecule has 18 heavy (non-hydrogen) atoms. The first-order chi connectivity index (χ1) is 8.49. The summed E-state index contributed by atoms with van der Waals surface area (Å²) in [5, 5.41) is 18.8. The number of carboxylic acids is 1. The Kier molecular flexibility index (Phi) is 3.82. The number of halogens is 1. The Labute approximate surface area is 117 Å². The lowest BCUT2D eigenvalue weighted by Crippen LogP contribution is -2.10. The van der Waals surface area contributed by atoms with Gasteiger partial charge in [0.2, 0.25) is 0 Å². The van der Waals surface area contributed by atoms with Crippen LogP contribution in [0.1, 0.15) is 41.5 Å². The van der Waals surface area contributed by atoms with E-state index in [0.717, 1.165) is 9.35 Å². The van der Waals surface area contributed by atoms with Crippen LogP contribution >= 0.6 is 27.3 Å². The smallest absolute Gasteiger partial charge is 0.358 e. The predicted octanol–water partition coefficient (Wildman–Crippen LogP) is 2.97. The monoisotopic (exact) mass is 329 g/mol. The van der Waals surface area contributed by atoms with Crippen LogP contribution in [0, 0.1) is 0 Å². The second-order valence-corrected chi connectivity index (χ2v) is 6.49. The maximum absolute atomic E-state index is 11.1. The third-order valence-corrected chi connectivity index (χ3v) is 4.03. The number of aromatic carboxylic acids is 1. The molecule has 0 atom stereocenters. The van der Waals surface area contributed by atoms with Crippen molar-refractivity contribution in [1.29, 1.82) is 0 Å². The van der Waals surface area contributed by atoms with Gasteiger partial charge < -0.3 is 5.11 Å². The molecule has 2 aromatic heterocycles. The second-order valence-electron chi connectivity index (χ2n) is 4.20. The van der Waals surface area contributed by atoms with Crippen LogP contribution in [-0.4, -0.2) is 26.1 Å². The molecule has 2 rings (SSSR count). The average Bonchev–Trinajstić information content (AvgIpc) is 2.85. The first kappa shape index (κ1) is 13.2. The summed E-state index contributed by atoms with van der Waals surface area (Å²) in [6.07, 6.45) is 0. The van der Waals surface area contributed by atoms with Gasteiger partial charge in [-0.05, 0) is 38.9 Å².